The molecule has 1 aromatic rings. The van der Waals surface area contributed by atoms with Crippen LogP contribution in [-0.2, 0) is 0 Å². The van der Waals surface area contributed by atoms with E-state index in [1.54, 1.807) is 12.1 Å². The lowest BCUT2D eigenvalue weighted by Crippen LogP contribution is -2.13. The molecule has 0 saturated heterocycles. The van der Waals surface area contributed by atoms with Gasteiger partial charge in [-0.05, 0) is 19.1 Å². The lowest BCUT2D eigenvalue weighted by Gasteiger charge is -2.04. The zero-order valence-electron chi connectivity index (χ0n) is 8.34. The number of hydrogen-bond acceptors (Lipinski definition) is 5. The van der Waals surface area contributed by atoms with Gasteiger partial charge >= 0.3 is 0 Å². The van der Waals surface area contributed by atoms with E-state index in [1.807, 2.05) is 6.92 Å². The average Bonchev–Trinajstić information content (AvgIpc) is 2.24. The van der Waals surface area contributed by atoms with E-state index in [-0.39, 0.29) is 12.4 Å². The van der Waals surface area contributed by atoms with Gasteiger partial charge in [-0.1, -0.05) is 5.16 Å². The number of nitrogens with zero attached hydrogens (tertiary/aromatic N) is 2. The predicted octanol–water partition coefficient (Wildman–Crippen LogP) is 0.569. The Morgan fingerprint density at radius 3 is 2.93 bits per heavy atom. The molecule has 0 aliphatic rings. The SMILES string of the molecule is Cc1cc(/C(N)=N/O)cc(SCCO)n1. The molecule has 0 radical (unpaired) electrons. The molecule has 0 atom stereocenters. The van der Waals surface area contributed by atoms with Crippen molar-refractivity contribution in [3.63, 3.8) is 0 Å². The highest BCUT2D eigenvalue weighted by Crippen LogP contribution is 2.17. The maximum absolute atomic E-state index is 8.68. The van der Waals surface area contributed by atoms with Crippen LogP contribution in [0.2, 0.25) is 0 Å². The Labute approximate surface area is 92.0 Å². The molecule has 0 aliphatic heterocycles. The third-order valence-electron chi connectivity index (χ3n) is 1.67. The molecule has 5 nitrogen and oxygen atoms in total. The number of rotatable bonds is 4. The van der Waals surface area contributed by atoms with Crippen molar-refractivity contribution in [1.82, 2.24) is 4.98 Å². The summed E-state index contributed by atoms with van der Waals surface area (Å²) in [4.78, 5) is 4.25. The molecule has 0 saturated carbocycles. The van der Waals surface area contributed by atoms with E-state index in [0.29, 0.717) is 11.3 Å². The zero-order valence-corrected chi connectivity index (χ0v) is 9.16. The minimum absolute atomic E-state index is 0.0614. The Kier molecular flexibility index (Phi) is 4.38. The minimum Gasteiger partial charge on any atom is -0.409 e. The highest BCUT2D eigenvalue weighted by atomic mass is 32.2. The van der Waals surface area contributed by atoms with E-state index in [2.05, 4.69) is 10.1 Å². The predicted molar refractivity (Wildman–Crippen MR) is 59.3 cm³/mol. The number of amidine groups is 1. The summed E-state index contributed by atoms with van der Waals surface area (Å²) in [5.74, 6) is 0.637. The third-order valence-corrected chi connectivity index (χ3v) is 2.57. The van der Waals surface area contributed by atoms with Crippen molar-refractivity contribution in [1.29, 1.82) is 0 Å². The normalized spacial score (nSPS) is 11.7. The van der Waals surface area contributed by atoms with Crippen LogP contribution in [0.25, 0.3) is 0 Å². The monoisotopic (exact) mass is 227 g/mol. The first-order valence-electron chi connectivity index (χ1n) is 4.37. The van der Waals surface area contributed by atoms with Gasteiger partial charge in [-0.15, -0.1) is 11.8 Å². The second-order valence-corrected chi connectivity index (χ2v) is 4.01. The van der Waals surface area contributed by atoms with Gasteiger partial charge in [0.15, 0.2) is 5.84 Å². The fourth-order valence-electron chi connectivity index (χ4n) is 1.07. The summed E-state index contributed by atoms with van der Waals surface area (Å²) in [6, 6.07) is 3.46. The van der Waals surface area contributed by atoms with Crippen LogP contribution in [0.5, 0.6) is 0 Å². The second-order valence-electron chi connectivity index (χ2n) is 2.89. The molecule has 0 bridgehead atoms. The molecule has 0 aliphatic carbocycles. The molecule has 15 heavy (non-hydrogen) atoms. The zero-order chi connectivity index (χ0) is 11.3. The Balaban J connectivity index is 2.94. The number of oxime groups is 1. The number of aliphatic hydroxyl groups is 1. The van der Waals surface area contributed by atoms with Gasteiger partial charge in [-0.25, -0.2) is 4.98 Å². The maximum Gasteiger partial charge on any atom is 0.170 e. The molecular weight excluding hydrogens is 214 g/mol. The molecule has 0 spiro atoms. The van der Waals surface area contributed by atoms with Crippen molar-refractivity contribution >= 4 is 17.6 Å². The van der Waals surface area contributed by atoms with Crippen LogP contribution in [-0.4, -0.2) is 33.5 Å². The van der Waals surface area contributed by atoms with Crippen LogP contribution in [0.3, 0.4) is 0 Å². The smallest absolute Gasteiger partial charge is 0.170 e. The summed E-state index contributed by atoms with van der Waals surface area (Å²) in [5, 5.41) is 20.9. The van der Waals surface area contributed by atoms with Crippen molar-refractivity contribution < 1.29 is 10.3 Å². The molecule has 0 unspecified atom stereocenters. The topological polar surface area (TPSA) is 91.7 Å². The average molecular weight is 227 g/mol. The van der Waals surface area contributed by atoms with Crippen molar-refractivity contribution in [3.05, 3.63) is 23.4 Å². The van der Waals surface area contributed by atoms with Gasteiger partial charge < -0.3 is 16.0 Å². The number of nitrogens with two attached hydrogens (primary N) is 1. The van der Waals surface area contributed by atoms with Gasteiger partial charge in [-0.3, -0.25) is 0 Å². The number of aryl methyl sites for hydroxylation is 1. The van der Waals surface area contributed by atoms with E-state index in [1.165, 1.54) is 11.8 Å². The first-order chi connectivity index (χ1) is 7.17. The van der Waals surface area contributed by atoms with Gasteiger partial charge in [0.1, 0.15) is 0 Å². The third kappa shape index (κ3) is 3.41. The summed E-state index contributed by atoms with van der Waals surface area (Å²) < 4.78 is 0. The molecule has 1 heterocycles. The largest absolute Gasteiger partial charge is 0.409 e. The van der Waals surface area contributed by atoms with Crippen LogP contribution in [0, 0.1) is 6.92 Å². The van der Waals surface area contributed by atoms with E-state index in [0.717, 1.165) is 10.7 Å². The van der Waals surface area contributed by atoms with Crippen LogP contribution in [0.1, 0.15) is 11.3 Å². The number of pyridine rings is 1. The number of thioether (sulfide) groups is 1. The van der Waals surface area contributed by atoms with Crippen molar-refractivity contribution in [2.24, 2.45) is 10.9 Å². The van der Waals surface area contributed by atoms with Crippen LogP contribution in [0.15, 0.2) is 22.3 Å². The summed E-state index contributed by atoms with van der Waals surface area (Å²) in [7, 11) is 0. The number of aromatic nitrogens is 1. The lowest BCUT2D eigenvalue weighted by atomic mass is 10.2. The summed E-state index contributed by atoms with van der Waals surface area (Å²) in [6.07, 6.45) is 0. The molecule has 1 aromatic heterocycles. The standard InChI is InChI=1S/C9H13N3O2S/c1-6-4-7(9(10)12-14)5-8(11-6)15-3-2-13/h4-5,13-14H,2-3H2,1H3,(H2,10,12). The number of aliphatic hydroxyl groups excluding tert-OH is 1. The van der Waals surface area contributed by atoms with Crippen LogP contribution >= 0.6 is 11.8 Å². The Bertz CT molecular complexity index is 368. The van der Waals surface area contributed by atoms with Gasteiger partial charge in [0, 0.05) is 17.0 Å². The summed E-state index contributed by atoms with van der Waals surface area (Å²) in [6.45, 7) is 1.93. The van der Waals surface area contributed by atoms with Gasteiger partial charge in [0.2, 0.25) is 0 Å². The highest BCUT2D eigenvalue weighted by Gasteiger charge is 2.04. The molecule has 4 N–H and O–H groups in total. The molecule has 0 aromatic carbocycles. The van der Waals surface area contributed by atoms with Crippen LogP contribution < -0.4 is 5.73 Å². The molecule has 82 valence electrons. The number of hydrogen-bond donors (Lipinski definition) is 3. The van der Waals surface area contributed by atoms with E-state index < -0.39 is 0 Å². The van der Waals surface area contributed by atoms with Crippen LogP contribution in [0.4, 0.5) is 0 Å². The molecular formula is C9H13N3O2S. The molecule has 0 amide bonds. The quantitative estimate of drug-likeness (QED) is 0.230. The van der Waals surface area contributed by atoms with Crippen molar-refractivity contribution in [2.75, 3.05) is 12.4 Å². The summed E-state index contributed by atoms with van der Waals surface area (Å²) in [5.41, 5.74) is 6.90. The first kappa shape index (κ1) is 11.8. The van der Waals surface area contributed by atoms with E-state index in [9.17, 15) is 0 Å². The Morgan fingerprint density at radius 2 is 2.33 bits per heavy atom. The fraction of sp³-hybridized carbons (Fsp3) is 0.333. The fourth-order valence-corrected chi connectivity index (χ4v) is 1.79. The van der Waals surface area contributed by atoms with E-state index in [4.69, 9.17) is 16.0 Å². The Hall–Kier alpha value is -1.27. The molecule has 0 fully saturated rings. The first-order valence-corrected chi connectivity index (χ1v) is 5.36. The molecule has 6 heteroatoms. The van der Waals surface area contributed by atoms with Gasteiger partial charge in [0.05, 0.1) is 11.6 Å². The highest BCUT2D eigenvalue weighted by molar-refractivity contribution is 7.99. The minimum atomic E-state index is 0.0614. The summed E-state index contributed by atoms with van der Waals surface area (Å²) >= 11 is 1.42. The molecule has 1 rings (SSSR count). The second kappa shape index (κ2) is 5.57. The Morgan fingerprint density at radius 1 is 1.60 bits per heavy atom. The van der Waals surface area contributed by atoms with Gasteiger partial charge in [-0.2, -0.15) is 0 Å². The van der Waals surface area contributed by atoms with E-state index >= 15 is 0 Å². The van der Waals surface area contributed by atoms with Crippen molar-refractivity contribution in [3.8, 4) is 0 Å². The van der Waals surface area contributed by atoms with Gasteiger partial charge in [0.25, 0.3) is 0 Å². The lowest BCUT2D eigenvalue weighted by molar-refractivity contribution is 0.318. The van der Waals surface area contributed by atoms with Crippen molar-refractivity contribution in [2.45, 2.75) is 11.9 Å². The maximum atomic E-state index is 8.68.